The first kappa shape index (κ1) is 16.0. The molecule has 0 fully saturated rings. The Bertz CT molecular complexity index is 687. The Balaban J connectivity index is 1.94. The Labute approximate surface area is 136 Å². The normalized spacial score (nSPS) is 9.91. The average molecular weight is 364 g/mol. The number of amides is 1. The van der Waals surface area contributed by atoms with Crippen molar-refractivity contribution in [3.05, 3.63) is 58.6 Å². The van der Waals surface area contributed by atoms with E-state index in [1.54, 1.807) is 24.3 Å². The number of methoxy groups -OCH3 is 1. The molecule has 0 atom stereocenters. The zero-order valence-corrected chi connectivity index (χ0v) is 13.4. The number of hydrogen-bond donors (Lipinski definition) is 1. The molecule has 0 saturated heterocycles. The van der Waals surface area contributed by atoms with Crippen LogP contribution in [0, 0.1) is 0 Å². The highest BCUT2D eigenvalue weighted by molar-refractivity contribution is 9.10. The van der Waals surface area contributed by atoms with Gasteiger partial charge in [0, 0.05) is 4.47 Å². The largest absolute Gasteiger partial charge is 0.484 e. The lowest BCUT2D eigenvalue weighted by molar-refractivity contribution is -0.118. The second-order valence-electron chi connectivity index (χ2n) is 4.34. The van der Waals surface area contributed by atoms with E-state index >= 15 is 0 Å². The van der Waals surface area contributed by atoms with Crippen LogP contribution in [0.3, 0.4) is 0 Å². The van der Waals surface area contributed by atoms with Crippen LogP contribution in [0.2, 0.25) is 0 Å². The van der Waals surface area contributed by atoms with Gasteiger partial charge in [0.05, 0.1) is 18.4 Å². The maximum atomic E-state index is 11.9. The van der Waals surface area contributed by atoms with Crippen molar-refractivity contribution in [2.24, 2.45) is 0 Å². The molecule has 0 radical (unpaired) electrons. The van der Waals surface area contributed by atoms with E-state index in [0.717, 1.165) is 4.47 Å². The number of hydrogen-bond acceptors (Lipinski definition) is 4. The number of carbonyl (C=O) groups excluding carboxylic acids is 2. The Kier molecular flexibility index (Phi) is 5.55. The lowest BCUT2D eigenvalue weighted by Crippen LogP contribution is -2.20. The predicted molar refractivity (Wildman–Crippen MR) is 86.0 cm³/mol. The van der Waals surface area contributed by atoms with Crippen molar-refractivity contribution in [3.8, 4) is 5.75 Å². The molecule has 2 rings (SSSR count). The van der Waals surface area contributed by atoms with Crippen molar-refractivity contribution in [1.29, 1.82) is 0 Å². The van der Waals surface area contributed by atoms with Crippen LogP contribution >= 0.6 is 15.9 Å². The smallest absolute Gasteiger partial charge is 0.337 e. The molecule has 5 nitrogen and oxygen atoms in total. The number of esters is 1. The van der Waals surface area contributed by atoms with Crippen molar-refractivity contribution >= 4 is 33.5 Å². The first-order valence-electron chi connectivity index (χ1n) is 6.45. The van der Waals surface area contributed by atoms with E-state index in [1.165, 1.54) is 13.2 Å². The van der Waals surface area contributed by atoms with Crippen molar-refractivity contribution in [2.45, 2.75) is 0 Å². The SMILES string of the molecule is COC(=O)c1cccc(OCC(=O)Nc2ccccc2Br)c1. The first-order valence-corrected chi connectivity index (χ1v) is 7.25. The van der Waals surface area contributed by atoms with E-state index in [4.69, 9.17) is 4.74 Å². The second kappa shape index (κ2) is 7.61. The quantitative estimate of drug-likeness (QED) is 0.828. The molecule has 0 aromatic heterocycles. The minimum Gasteiger partial charge on any atom is -0.484 e. The number of carbonyl (C=O) groups is 2. The molecule has 0 aliphatic carbocycles. The Morgan fingerprint density at radius 2 is 1.91 bits per heavy atom. The summed E-state index contributed by atoms with van der Waals surface area (Å²) in [5.41, 5.74) is 1.03. The number of benzene rings is 2. The maximum Gasteiger partial charge on any atom is 0.337 e. The van der Waals surface area contributed by atoms with Gasteiger partial charge in [-0.05, 0) is 46.3 Å². The summed E-state index contributed by atoms with van der Waals surface area (Å²) in [6.07, 6.45) is 0. The third-order valence-electron chi connectivity index (χ3n) is 2.77. The van der Waals surface area contributed by atoms with Gasteiger partial charge in [0.15, 0.2) is 6.61 Å². The molecule has 0 heterocycles. The highest BCUT2D eigenvalue weighted by Gasteiger charge is 2.09. The summed E-state index contributed by atoms with van der Waals surface area (Å²) < 4.78 is 10.8. The van der Waals surface area contributed by atoms with E-state index in [2.05, 4.69) is 26.0 Å². The van der Waals surface area contributed by atoms with Crippen LogP contribution in [0.4, 0.5) is 5.69 Å². The van der Waals surface area contributed by atoms with Crippen LogP contribution in [0.25, 0.3) is 0 Å². The van der Waals surface area contributed by atoms with E-state index in [1.807, 2.05) is 18.2 Å². The minimum atomic E-state index is -0.455. The molecule has 1 amide bonds. The number of halogens is 1. The molecule has 0 bridgehead atoms. The third-order valence-corrected chi connectivity index (χ3v) is 3.46. The molecule has 0 unspecified atom stereocenters. The minimum absolute atomic E-state index is 0.161. The standard InChI is InChI=1S/C16H14BrNO4/c1-21-16(20)11-5-4-6-12(9-11)22-10-15(19)18-14-8-3-2-7-13(14)17/h2-9H,10H2,1H3,(H,18,19). The molecular weight excluding hydrogens is 350 g/mol. The lowest BCUT2D eigenvalue weighted by atomic mass is 10.2. The molecule has 0 aliphatic heterocycles. The van der Waals surface area contributed by atoms with Gasteiger partial charge < -0.3 is 14.8 Å². The summed E-state index contributed by atoms with van der Waals surface area (Å²) in [5.74, 6) is -0.330. The van der Waals surface area contributed by atoms with Gasteiger partial charge in [-0.25, -0.2) is 4.79 Å². The molecular formula is C16H14BrNO4. The topological polar surface area (TPSA) is 64.6 Å². The van der Waals surface area contributed by atoms with Crippen molar-refractivity contribution < 1.29 is 19.1 Å². The first-order chi connectivity index (χ1) is 10.6. The summed E-state index contributed by atoms with van der Waals surface area (Å²) in [5, 5.41) is 2.73. The lowest BCUT2D eigenvalue weighted by Gasteiger charge is -2.09. The number of para-hydroxylation sites is 1. The zero-order valence-electron chi connectivity index (χ0n) is 11.8. The summed E-state index contributed by atoms with van der Waals surface area (Å²) in [4.78, 5) is 23.3. The van der Waals surface area contributed by atoms with Crippen molar-refractivity contribution in [2.75, 3.05) is 19.0 Å². The fraction of sp³-hybridized carbons (Fsp3) is 0.125. The van der Waals surface area contributed by atoms with E-state index in [0.29, 0.717) is 17.0 Å². The van der Waals surface area contributed by atoms with Gasteiger partial charge in [0.2, 0.25) is 0 Å². The molecule has 0 spiro atoms. The van der Waals surface area contributed by atoms with Crippen LogP contribution in [0.5, 0.6) is 5.75 Å². The Morgan fingerprint density at radius 3 is 2.64 bits per heavy atom. The molecule has 2 aromatic carbocycles. The number of ether oxygens (including phenoxy) is 2. The van der Waals surface area contributed by atoms with Crippen LogP contribution in [0.15, 0.2) is 53.0 Å². The van der Waals surface area contributed by atoms with Gasteiger partial charge in [-0.1, -0.05) is 18.2 Å². The molecule has 114 valence electrons. The van der Waals surface area contributed by atoms with Crippen LogP contribution in [0.1, 0.15) is 10.4 Å². The van der Waals surface area contributed by atoms with E-state index < -0.39 is 5.97 Å². The number of nitrogens with one attached hydrogen (secondary N) is 1. The summed E-state index contributed by atoms with van der Waals surface area (Å²) >= 11 is 3.35. The van der Waals surface area contributed by atoms with Crippen LogP contribution in [-0.4, -0.2) is 25.6 Å². The fourth-order valence-corrected chi connectivity index (χ4v) is 2.11. The number of anilines is 1. The zero-order chi connectivity index (χ0) is 15.9. The third kappa shape index (κ3) is 4.33. The van der Waals surface area contributed by atoms with Crippen molar-refractivity contribution in [3.63, 3.8) is 0 Å². The van der Waals surface area contributed by atoms with E-state index in [-0.39, 0.29) is 12.5 Å². The van der Waals surface area contributed by atoms with E-state index in [9.17, 15) is 9.59 Å². The average Bonchev–Trinajstić information content (AvgIpc) is 2.54. The van der Waals surface area contributed by atoms with Crippen LogP contribution in [-0.2, 0) is 9.53 Å². The fourth-order valence-electron chi connectivity index (χ4n) is 1.73. The van der Waals surface area contributed by atoms with Gasteiger partial charge in [-0.15, -0.1) is 0 Å². The molecule has 2 aromatic rings. The van der Waals surface area contributed by atoms with Crippen molar-refractivity contribution in [1.82, 2.24) is 0 Å². The molecule has 0 aliphatic rings. The predicted octanol–water partition coefficient (Wildman–Crippen LogP) is 3.25. The summed E-state index contributed by atoms with van der Waals surface area (Å²) in [6, 6.07) is 13.7. The maximum absolute atomic E-state index is 11.9. The summed E-state index contributed by atoms with van der Waals surface area (Å²) in [7, 11) is 1.31. The molecule has 1 N–H and O–H groups in total. The van der Waals surface area contributed by atoms with Gasteiger partial charge in [0.1, 0.15) is 5.75 Å². The molecule has 6 heteroatoms. The highest BCUT2D eigenvalue weighted by Crippen LogP contribution is 2.21. The second-order valence-corrected chi connectivity index (χ2v) is 5.19. The Hall–Kier alpha value is -2.34. The van der Waals surface area contributed by atoms with Gasteiger partial charge in [-0.3, -0.25) is 4.79 Å². The molecule has 22 heavy (non-hydrogen) atoms. The van der Waals surface area contributed by atoms with Crippen LogP contribution < -0.4 is 10.1 Å². The molecule has 0 saturated carbocycles. The Morgan fingerprint density at radius 1 is 1.14 bits per heavy atom. The monoisotopic (exact) mass is 363 g/mol. The van der Waals surface area contributed by atoms with Gasteiger partial charge in [-0.2, -0.15) is 0 Å². The highest BCUT2D eigenvalue weighted by atomic mass is 79.9. The van der Waals surface area contributed by atoms with Gasteiger partial charge >= 0.3 is 5.97 Å². The van der Waals surface area contributed by atoms with Gasteiger partial charge in [0.25, 0.3) is 5.91 Å². The summed E-state index contributed by atoms with van der Waals surface area (Å²) in [6.45, 7) is -0.161. The number of rotatable bonds is 5.